The van der Waals surface area contributed by atoms with Gasteiger partial charge >= 0.3 is 0 Å². The van der Waals surface area contributed by atoms with Crippen molar-refractivity contribution in [3.05, 3.63) is 75.9 Å². The monoisotopic (exact) mass is 306 g/mol. The number of fused-ring (bicyclic) bond motifs is 4. The van der Waals surface area contributed by atoms with Crippen LogP contribution in [0.15, 0.2) is 48.0 Å². The van der Waals surface area contributed by atoms with Gasteiger partial charge in [-0.3, -0.25) is 0 Å². The maximum atomic E-state index is 5.63. The van der Waals surface area contributed by atoms with Gasteiger partial charge in [0.2, 0.25) is 0 Å². The zero-order chi connectivity index (χ0) is 16.0. The molecule has 0 amide bonds. The first-order chi connectivity index (χ1) is 11.2. The molecule has 4 rings (SSSR count). The van der Waals surface area contributed by atoms with Crippen molar-refractivity contribution in [1.29, 1.82) is 0 Å². The largest absolute Gasteiger partial charge is 0.355 e. The third kappa shape index (κ3) is 2.25. The molecular weight excluding hydrogens is 284 g/mol. The van der Waals surface area contributed by atoms with E-state index in [1.165, 1.54) is 39.0 Å². The Hall–Kier alpha value is -1.90. The van der Waals surface area contributed by atoms with Gasteiger partial charge in [-0.25, -0.2) is 0 Å². The molecular formula is C21H22O2. The number of benzene rings is 2. The Bertz CT molecular complexity index is 784. The van der Waals surface area contributed by atoms with Crippen LogP contribution in [0.1, 0.15) is 27.8 Å². The van der Waals surface area contributed by atoms with Gasteiger partial charge in [-0.1, -0.05) is 48.0 Å². The van der Waals surface area contributed by atoms with E-state index in [2.05, 4.69) is 49.4 Å². The fourth-order valence-corrected chi connectivity index (χ4v) is 4.17. The van der Waals surface area contributed by atoms with Crippen molar-refractivity contribution in [1.82, 2.24) is 0 Å². The summed E-state index contributed by atoms with van der Waals surface area (Å²) < 4.78 is 11.3. The van der Waals surface area contributed by atoms with Gasteiger partial charge in [0.25, 0.3) is 0 Å². The summed E-state index contributed by atoms with van der Waals surface area (Å²) in [6, 6.07) is 15.6. The van der Waals surface area contributed by atoms with Crippen LogP contribution in [0.2, 0.25) is 0 Å². The molecule has 2 aliphatic carbocycles. The average molecular weight is 306 g/mol. The molecule has 0 aliphatic heterocycles. The lowest BCUT2D eigenvalue weighted by molar-refractivity contribution is -0.128. The topological polar surface area (TPSA) is 18.5 Å². The van der Waals surface area contributed by atoms with E-state index in [-0.39, 0.29) is 12.2 Å². The van der Waals surface area contributed by atoms with E-state index >= 15 is 0 Å². The van der Waals surface area contributed by atoms with Crippen molar-refractivity contribution in [3.8, 4) is 0 Å². The van der Waals surface area contributed by atoms with Crippen LogP contribution < -0.4 is 0 Å². The summed E-state index contributed by atoms with van der Waals surface area (Å²) in [7, 11) is 3.47. The number of ether oxygens (including phenoxy) is 2. The number of methoxy groups -OCH3 is 2. The Morgan fingerprint density at radius 3 is 2.52 bits per heavy atom. The second-order valence-electron chi connectivity index (χ2n) is 6.55. The Kier molecular flexibility index (Phi) is 3.59. The molecule has 23 heavy (non-hydrogen) atoms. The summed E-state index contributed by atoms with van der Waals surface area (Å²) in [6.45, 7) is 2.16. The quantitative estimate of drug-likeness (QED) is 0.793. The second-order valence-corrected chi connectivity index (χ2v) is 6.55. The van der Waals surface area contributed by atoms with Crippen molar-refractivity contribution >= 4 is 5.57 Å². The van der Waals surface area contributed by atoms with Gasteiger partial charge in [0.1, 0.15) is 0 Å². The van der Waals surface area contributed by atoms with Gasteiger partial charge in [-0.15, -0.1) is 0 Å². The van der Waals surface area contributed by atoms with Gasteiger partial charge in [-0.2, -0.15) is 0 Å². The molecule has 2 nitrogen and oxygen atoms in total. The predicted molar refractivity (Wildman–Crippen MR) is 92.3 cm³/mol. The normalized spacial score (nSPS) is 18.9. The Balaban J connectivity index is 1.92. The van der Waals surface area contributed by atoms with Crippen LogP contribution in [0.25, 0.3) is 5.57 Å². The van der Waals surface area contributed by atoms with E-state index in [0.29, 0.717) is 0 Å². The smallest absolute Gasteiger partial charge is 0.163 e. The van der Waals surface area contributed by atoms with E-state index < -0.39 is 0 Å². The van der Waals surface area contributed by atoms with E-state index in [0.717, 1.165) is 12.8 Å². The van der Waals surface area contributed by atoms with Crippen molar-refractivity contribution in [2.75, 3.05) is 14.2 Å². The highest BCUT2D eigenvalue weighted by Gasteiger charge is 2.37. The maximum absolute atomic E-state index is 5.63. The maximum Gasteiger partial charge on any atom is 0.163 e. The van der Waals surface area contributed by atoms with Crippen LogP contribution >= 0.6 is 0 Å². The minimum atomic E-state index is -0.191. The zero-order valence-corrected chi connectivity index (χ0v) is 13.9. The lowest BCUT2D eigenvalue weighted by Crippen LogP contribution is -2.31. The van der Waals surface area contributed by atoms with E-state index in [4.69, 9.17) is 9.47 Å². The van der Waals surface area contributed by atoms with Crippen LogP contribution in [-0.2, 0) is 22.3 Å². The number of hydrogen-bond acceptors (Lipinski definition) is 2. The third-order valence-corrected chi connectivity index (χ3v) is 5.20. The highest BCUT2D eigenvalue weighted by Crippen LogP contribution is 2.47. The summed E-state index contributed by atoms with van der Waals surface area (Å²) in [6.07, 6.45) is 1.80. The summed E-state index contributed by atoms with van der Waals surface area (Å²) in [5.41, 5.74) is 9.79. The van der Waals surface area contributed by atoms with Crippen molar-refractivity contribution < 1.29 is 9.47 Å². The van der Waals surface area contributed by atoms with Crippen LogP contribution in [0, 0.1) is 12.8 Å². The van der Waals surface area contributed by atoms with Crippen molar-refractivity contribution in [3.63, 3.8) is 0 Å². The zero-order valence-electron chi connectivity index (χ0n) is 13.9. The van der Waals surface area contributed by atoms with Gasteiger partial charge in [-0.05, 0) is 53.2 Å². The first-order valence-electron chi connectivity index (χ1n) is 8.19. The molecule has 2 aliphatic rings. The van der Waals surface area contributed by atoms with Gasteiger partial charge in [0.15, 0.2) is 6.29 Å². The molecule has 2 aromatic rings. The predicted octanol–water partition coefficient (Wildman–Crippen LogP) is 4.14. The molecule has 2 aromatic carbocycles. The van der Waals surface area contributed by atoms with E-state index in [9.17, 15) is 0 Å². The van der Waals surface area contributed by atoms with Crippen LogP contribution in [-0.4, -0.2) is 20.5 Å². The highest BCUT2D eigenvalue weighted by atomic mass is 16.7. The minimum absolute atomic E-state index is 0.191. The molecule has 0 aromatic heterocycles. The fourth-order valence-electron chi connectivity index (χ4n) is 4.17. The lowest BCUT2D eigenvalue weighted by Gasteiger charge is -2.32. The molecule has 2 heteroatoms. The standard InChI is InChI=1S/C21H22O2/c1-13-8-9-15-11-18-19(21(22-2)23-3)12-14-6-4-5-7-16(14)20(18)17(15)10-13/h4-10,19,21H,11-12H2,1-3H3. The number of hydrogen-bond donors (Lipinski definition) is 0. The van der Waals surface area contributed by atoms with E-state index in [1.54, 1.807) is 14.2 Å². The SMILES string of the molecule is COC(OC)C1Cc2ccccc2C2=C1Cc1ccc(C)cc12. The summed E-state index contributed by atoms with van der Waals surface area (Å²) in [4.78, 5) is 0. The van der Waals surface area contributed by atoms with Crippen LogP contribution in [0.5, 0.6) is 0 Å². The van der Waals surface area contributed by atoms with Gasteiger partial charge < -0.3 is 9.47 Å². The Labute approximate surface area is 137 Å². The molecule has 0 heterocycles. The molecule has 0 saturated carbocycles. The number of rotatable bonds is 3. The molecule has 118 valence electrons. The molecule has 0 bridgehead atoms. The molecule has 1 unspecified atom stereocenters. The Morgan fingerprint density at radius 2 is 1.74 bits per heavy atom. The highest BCUT2D eigenvalue weighted by molar-refractivity contribution is 5.90. The van der Waals surface area contributed by atoms with Crippen molar-refractivity contribution in [2.24, 2.45) is 5.92 Å². The minimum Gasteiger partial charge on any atom is -0.355 e. The third-order valence-electron chi connectivity index (χ3n) is 5.20. The first-order valence-corrected chi connectivity index (χ1v) is 8.19. The fraction of sp³-hybridized carbons (Fsp3) is 0.333. The van der Waals surface area contributed by atoms with Gasteiger partial charge in [0, 0.05) is 20.1 Å². The van der Waals surface area contributed by atoms with Crippen LogP contribution in [0.3, 0.4) is 0 Å². The van der Waals surface area contributed by atoms with E-state index in [1.807, 2.05) is 0 Å². The molecule has 0 N–H and O–H groups in total. The summed E-state index contributed by atoms with van der Waals surface area (Å²) in [5, 5.41) is 0. The average Bonchev–Trinajstić information content (AvgIpc) is 2.95. The molecule has 1 atom stereocenters. The summed E-state index contributed by atoms with van der Waals surface area (Å²) in [5.74, 6) is 0.280. The number of aryl methyl sites for hydroxylation is 1. The summed E-state index contributed by atoms with van der Waals surface area (Å²) >= 11 is 0. The molecule has 0 spiro atoms. The lowest BCUT2D eigenvalue weighted by atomic mass is 9.78. The second kappa shape index (κ2) is 5.63. The van der Waals surface area contributed by atoms with Gasteiger partial charge in [0.05, 0.1) is 0 Å². The molecule has 0 fully saturated rings. The Morgan fingerprint density at radius 1 is 0.957 bits per heavy atom. The molecule has 0 saturated heterocycles. The van der Waals surface area contributed by atoms with Crippen molar-refractivity contribution in [2.45, 2.75) is 26.1 Å². The molecule has 0 radical (unpaired) electrons. The van der Waals surface area contributed by atoms with Crippen LogP contribution in [0.4, 0.5) is 0 Å². The first kappa shape index (κ1) is 14.7.